The zero-order valence-corrected chi connectivity index (χ0v) is 16.2. The van der Waals surface area contributed by atoms with Crippen LogP contribution in [0.2, 0.25) is 5.02 Å². The lowest BCUT2D eigenvalue weighted by molar-refractivity contribution is 0.101. The number of hydrogen-bond donors (Lipinski definition) is 1. The van der Waals surface area contributed by atoms with Crippen LogP contribution in [0.1, 0.15) is 16.2 Å². The third kappa shape index (κ3) is 3.75. The van der Waals surface area contributed by atoms with Crippen molar-refractivity contribution < 1.29 is 9.18 Å². The van der Waals surface area contributed by atoms with Crippen LogP contribution < -0.4 is 5.32 Å². The summed E-state index contributed by atoms with van der Waals surface area (Å²) in [5.74, 6) is -0.735. The fourth-order valence-corrected chi connectivity index (χ4v) is 3.09. The normalized spacial score (nSPS) is 10.7. The highest BCUT2D eigenvalue weighted by Crippen LogP contribution is 2.27. The van der Waals surface area contributed by atoms with Crippen LogP contribution in [0.25, 0.3) is 17.1 Å². The maximum absolute atomic E-state index is 13.9. The number of nitrogens with one attached hydrogen (secondary N) is 1. The molecule has 0 fully saturated rings. The lowest BCUT2D eigenvalue weighted by atomic mass is 10.2. The number of halogens is 2. The molecule has 0 bridgehead atoms. The zero-order valence-electron chi connectivity index (χ0n) is 15.4. The average molecular weight is 407 g/mol. The van der Waals surface area contributed by atoms with Crippen molar-refractivity contribution in [3.05, 3.63) is 95.0 Å². The van der Waals surface area contributed by atoms with Crippen molar-refractivity contribution in [3.63, 3.8) is 0 Å². The summed E-state index contributed by atoms with van der Waals surface area (Å²) in [5.41, 5.74) is 2.35. The van der Waals surface area contributed by atoms with Crippen molar-refractivity contribution in [1.82, 2.24) is 14.8 Å². The highest BCUT2D eigenvalue weighted by molar-refractivity contribution is 6.31. The number of hydrogen-bond acceptors (Lipinski definition) is 3. The molecule has 0 spiro atoms. The number of para-hydroxylation sites is 1. The molecule has 1 amide bonds. The minimum absolute atomic E-state index is 0.0639. The Kier molecular flexibility index (Phi) is 5.10. The van der Waals surface area contributed by atoms with E-state index in [2.05, 4.69) is 15.4 Å². The fourth-order valence-electron chi connectivity index (χ4n) is 2.92. The first kappa shape index (κ1) is 18.8. The van der Waals surface area contributed by atoms with Gasteiger partial charge >= 0.3 is 0 Å². The first-order valence-corrected chi connectivity index (χ1v) is 9.26. The van der Waals surface area contributed by atoms with E-state index >= 15 is 0 Å². The van der Waals surface area contributed by atoms with Crippen molar-refractivity contribution in [2.24, 2.45) is 0 Å². The first-order valence-electron chi connectivity index (χ1n) is 8.88. The summed E-state index contributed by atoms with van der Waals surface area (Å²) in [4.78, 5) is 17.1. The first-order chi connectivity index (χ1) is 14.0. The molecule has 0 atom stereocenters. The Morgan fingerprint density at radius 2 is 1.72 bits per heavy atom. The number of amides is 1. The summed E-state index contributed by atoms with van der Waals surface area (Å²) in [6, 6.07) is 20.8. The van der Waals surface area contributed by atoms with E-state index in [9.17, 15) is 9.18 Å². The lowest BCUT2D eigenvalue weighted by Crippen LogP contribution is -2.15. The van der Waals surface area contributed by atoms with E-state index in [0.29, 0.717) is 16.5 Å². The summed E-state index contributed by atoms with van der Waals surface area (Å²) >= 11 is 6.27. The van der Waals surface area contributed by atoms with E-state index in [4.69, 9.17) is 11.6 Å². The molecule has 0 aliphatic carbocycles. The molecule has 0 saturated carbocycles. The third-order valence-corrected chi connectivity index (χ3v) is 4.84. The van der Waals surface area contributed by atoms with Crippen LogP contribution in [0.4, 0.5) is 10.1 Å². The quantitative estimate of drug-likeness (QED) is 0.501. The van der Waals surface area contributed by atoms with E-state index in [0.717, 1.165) is 11.1 Å². The number of aromatic nitrogens is 3. The largest absolute Gasteiger partial charge is 0.317 e. The molecule has 0 saturated heterocycles. The summed E-state index contributed by atoms with van der Waals surface area (Å²) in [7, 11) is 0. The van der Waals surface area contributed by atoms with Gasteiger partial charge in [-0.25, -0.2) is 14.1 Å². The minimum Gasteiger partial charge on any atom is -0.317 e. The second-order valence-corrected chi connectivity index (χ2v) is 6.76. The van der Waals surface area contributed by atoms with Gasteiger partial charge < -0.3 is 5.32 Å². The zero-order chi connectivity index (χ0) is 20.4. The van der Waals surface area contributed by atoms with Gasteiger partial charge in [0.05, 0.1) is 11.4 Å². The second-order valence-electron chi connectivity index (χ2n) is 6.35. The summed E-state index contributed by atoms with van der Waals surface area (Å²) in [5, 5.41) is 7.49. The summed E-state index contributed by atoms with van der Waals surface area (Å²) < 4.78 is 15.5. The van der Waals surface area contributed by atoms with E-state index in [1.54, 1.807) is 28.9 Å². The SMILES string of the molecule is Cc1c(Cl)cccc1-n1nc(C(=O)Nc2ccccc2F)nc1-c1ccccc1. The van der Waals surface area contributed by atoms with Gasteiger partial charge in [0, 0.05) is 10.6 Å². The Morgan fingerprint density at radius 3 is 2.48 bits per heavy atom. The lowest BCUT2D eigenvalue weighted by Gasteiger charge is -2.10. The summed E-state index contributed by atoms with van der Waals surface area (Å²) in [6.07, 6.45) is 0. The maximum Gasteiger partial charge on any atom is 0.295 e. The molecule has 0 aliphatic rings. The van der Waals surface area contributed by atoms with Gasteiger partial charge in [0.1, 0.15) is 5.82 Å². The number of rotatable bonds is 4. The van der Waals surface area contributed by atoms with Gasteiger partial charge in [-0.1, -0.05) is 60.1 Å². The van der Waals surface area contributed by atoms with Crippen molar-refractivity contribution in [3.8, 4) is 17.1 Å². The van der Waals surface area contributed by atoms with Crippen LogP contribution in [0.15, 0.2) is 72.8 Å². The fraction of sp³-hybridized carbons (Fsp3) is 0.0455. The standard InChI is InChI=1S/C22H16ClFN4O/c1-14-16(23)10-7-13-19(14)28-21(15-8-3-2-4-9-15)26-20(27-28)22(29)25-18-12-6-5-11-17(18)24/h2-13H,1H3,(H,25,29). The van der Waals surface area contributed by atoms with Crippen molar-refractivity contribution in [2.75, 3.05) is 5.32 Å². The molecule has 3 aromatic carbocycles. The highest BCUT2D eigenvalue weighted by Gasteiger charge is 2.21. The molecule has 1 N–H and O–H groups in total. The predicted molar refractivity (Wildman–Crippen MR) is 111 cm³/mol. The number of anilines is 1. The Labute approximate surface area is 171 Å². The van der Waals surface area contributed by atoms with Crippen LogP contribution in [0.3, 0.4) is 0 Å². The molecule has 4 rings (SSSR count). The van der Waals surface area contributed by atoms with E-state index in [1.807, 2.05) is 43.3 Å². The Balaban J connectivity index is 1.81. The van der Waals surface area contributed by atoms with Gasteiger partial charge in [0.2, 0.25) is 5.82 Å². The van der Waals surface area contributed by atoms with E-state index < -0.39 is 11.7 Å². The Bertz CT molecular complexity index is 1190. The smallest absolute Gasteiger partial charge is 0.295 e. The third-order valence-electron chi connectivity index (χ3n) is 4.43. The van der Waals surface area contributed by atoms with Crippen molar-refractivity contribution in [1.29, 1.82) is 0 Å². The van der Waals surface area contributed by atoms with Gasteiger partial charge in [0.25, 0.3) is 5.91 Å². The van der Waals surface area contributed by atoms with Gasteiger partial charge in [-0.3, -0.25) is 4.79 Å². The molecule has 0 aliphatic heterocycles. The van der Waals surface area contributed by atoms with Crippen LogP contribution in [0.5, 0.6) is 0 Å². The maximum atomic E-state index is 13.9. The number of carbonyl (C=O) groups excluding carboxylic acids is 1. The topological polar surface area (TPSA) is 59.8 Å². The van der Waals surface area contributed by atoms with Crippen LogP contribution in [-0.2, 0) is 0 Å². The monoisotopic (exact) mass is 406 g/mol. The van der Waals surface area contributed by atoms with Crippen LogP contribution in [-0.4, -0.2) is 20.7 Å². The molecule has 4 aromatic rings. The molecule has 5 nitrogen and oxygen atoms in total. The second kappa shape index (κ2) is 7.85. The molecular formula is C22H16ClFN4O. The predicted octanol–water partition coefficient (Wildman–Crippen LogP) is 5.29. The summed E-state index contributed by atoms with van der Waals surface area (Å²) in [6.45, 7) is 1.87. The van der Waals surface area contributed by atoms with Gasteiger partial charge in [-0.15, -0.1) is 5.10 Å². The number of benzene rings is 3. The average Bonchev–Trinajstić information content (AvgIpc) is 3.18. The van der Waals surface area contributed by atoms with Gasteiger partial charge in [0.15, 0.2) is 5.82 Å². The number of nitrogens with zero attached hydrogens (tertiary/aromatic N) is 3. The molecule has 0 radical (unpaired) electrons. The minimum atomic E-state index is -0.606. The van der Waals surface area contributed by atoms with Crippen LogP contribution in [0, 0.1) is 12.7 Å². The molecule has 1 aromatic heterocycles. The number of carbonyl (C=O) groups is 1. The Hall–Kier alpha value is -3.51. The van der Waals surface area contributed by atoms with E-state index in [1.165, 1.54) is 12.1 Å². The molecule has 7 heteroatoms. The van der Waals surface area contributed by atoms with Crippen molar-refractivity contribution >= 4 is 23.2 Å². The Morgan fingerprint density at radius 1 is 1.00 bits per heavy atom. The highest BCUT2D eigenvalue weighted by atomic mass is 35.5. The molecule has 0 unspecified atom stereocenters. The van der Waals surface area contributed by atoms with Crippen molar-refractivity contribution in [2.45, 2.75) is 6.92 Å². The molecule has 144 valence electrons. The molecular weight excluding hydrogens is 391 g/mol. The van der Waals surface area contributed by atoms with Gasteiger partial charge in [-0.2, -0.15) is 0 Å². The molecule has 29 heavy (non-hydrogen) atoms. The van der Waals surface area contributed by atoms with Crippen LogP contribution >= 0.6 is 11.6 Å². The van der Waals surface area contributed by atoms with Gasteiger partial charge in [-0.05, 0) is 36.8 Å². The van der Waals surface area contributed by atoms with E-state index in [-0.39, 0.29) is 11.5 Å². The molecule has 1 heterocycles.